The van der Waals surface area contributed by atoms with Gasteiger partial charge in [0.05, 0.1) is 6.61 Å². The molecule has 0 saturated heterocycles. The number of carbonyl (C=O) groups is 1. The number of nitrogens with two attached hydrogens (primary N) is 1. The second-order valence-electron chi connectivity index (χ2n) is 3.03. The number of carbonyl (C=O) groups excluding carboxylic acids is 1. The molecule has 0 spiro atoms. The standard InChI is InChI=1S/C10H13BrN2O2/c1-2-15-10(14)9(12)5-8-4-3-7(11)6-13-8/h3-4,6,9H,2,5,12H2,1H3. The molecule has 1 unspecified atom stereocenters. The third kappa shape index (κ3) is 3.97. The minimum Gasteiger partial charge on any atom is -0.465 e. The van der Waals surface area contributed by atoms with Gasteiger partial charge in [0.25, 0.3) is 0 Å². The van der Waals surface area contributed by atoms with E-state index in [0.717, 1.165) is 10.2 Å². The van der Waals surface area contributed by atoms with Gasteiger partial charge in [-0.1, -0.05) is 0 Å². The summed E-state index contributed by atoms with van der Waals surface area (Å²) in [6.07, 6.45) is 2.07. The summed E-state index contributed by atoms with van der Waals surface area (Å²) in [5.74, 6) is -0.387. The van der Waals surface area contributed by atoms with Crippen molar-refractivity contribution >= 4 is 21.9 Å². The summed E-state index contributed by atoms with van der Waals surface area (Å²) in [6, 6.07) is 3.04. The minimum absolute atomic E-state index is 0.348. The lowest BCUT2D eigenvalue weighted by Crippen LogP contribution is -2.34. The normalized spacial score (nSPS) is 12.2. The van der Waals surface area contributed by atoms with Crippen LogP contribution < -0.4 is 5.73 Å². The van der Waals surface area contributed by atoms with E-state index in [1.165, 1.54) is 0 Å². The van der Waals surface area contributed by atoms with E-state index in [-0.39, 0.29) is 5.97 Å². The zero-order valence-corrected chi connectivity index (χ0v) is 10.0. The number of nitrogens with zero attached hydrogens (tertiary/aromatic N) is 1. The first kappa shape index (κ1) is 12.1. The van der Waals surface area contributed by atoms with Crippen LogP contribution in [0.3, 0.4) is 0 Å². The molecular formula is C10H13BrN2O2. The second-order valence-corrected chi connectivity index (χ2v) is 3.95. The van der Waals surface area contributed by atoms with Gasteiger partial charge in [-0.05, 0) is 35.0 Å². The minimum atomic E-state index is -0.640. The molecule has 0 saturated carbocycles. The zero-order valence-electron chi connectivity index (χ0n) is 8.44. The molecule has 1 aromatic rings. The predicted molar refractivity (Wildman–Crippen MR) is 60.2 cm³/mol. The first-order valence-corrected chi connectivity index (χ1v) is 5.45. The van der Waals surface area contributed by atoms with Gasteiger partial charge in [0.2, 0.25) is 0 Å². The first-order valence-electron chi connectivity index (χ1n) is 4.66. The lowest BCUT2D eigenvalue weighted by Gasteiger charge is -2.09. The molecule has 5 heteroatoms. The Bertz CT molecular complexity index is 327. The van der Waals surface area contributed by atoms with E-state index in [1.807, 2.05) is 12.1 Å². The van der Waals surface area contributed by atoms with Gasteiger partial charge in [0.1, 0.15) is 6.04 Å². The average molecular weight is 273 g/mol. The molecule has 0 aliphatic heterocycles. The highest BCUT2D eigenvalue weighted by molar-refractivity contribution is 9.10. The Hall–Kier alpha value is -0.940. The summed E-state index contributed by atoms with van der Waals surface area (Å²) < 4.78 is 5.70. The van der Waals surface area contributed by atoms with Gasteiger partial charge in [0.15, 0.2) is 0 Å². The number of hydrogen-bond acceptors (Lipinski definition) is 4. The van der Waals surface area contributed by atoms with Crippen molar-refractivity contribution in [1.29, 1.82) is 0 Å². The quantitative estimate of drug-likeness (QED) is 0.839. The summed E-state index contributed by atoms with van der Waals surface area (Å²) in [7, 11) is 0. The second kappa shape index (κ2) is 5.82. The molecular weight excluding hydrogens is 260 g/mol. The SMILES string of the molecule is CCOC(=O)C(N)Cc1ccc(Br)cn1. The number of ether oxygens (including phenoxy) is 1. The number of rotatable bonds is 4. The van der Waals surface area contributed by atoms with Gasteiger partial charge in [-0.25, -0.2) is 0 Å². The van der Waals surface area contributed by atoms with E-state index in [4.69, 9.17) is 10.5 Å². The number of pyridine rings is 1. The van der Waals surface area contributed by atoms with E-state index < -0.39 is 6.04 Å². The highest BCUT2D eigenvalue weighted by atomic mass is 79.9. The highest BCUT2D eigenvalue weighted by Crippen LogP contribution is 2.08. The van der Waals surface area contributed by atoms with Crippen molar-refractivity contribution in [3.63, 3.8) is 0 Å². The number of halogens is 1. The maximum absolute atomic E-state index is 11.2. The topological polar surface area (TPSA) is 65.2 Å². The number of hydrogen-bond donors (Lipinski definition) is 1. The Morgan fingerprint density at radius 3 is 2.93 bits per heavy atom. The van der Waals surface area contributed by atoms with E-state index in [9.17, 15) is 4.79 Å². The molecule has 2 N–H and O–H groups in total. The molecule has 0 bridgehead atoms. The maximum atomic E-state index is 11.2. The first-order chi connectivity index (χ1) is 7.13. The van der Waals surface area contributed by atoms with Gasteiger partial charge in [-0.3, -0.25) is 9.78 Å². The smallest absolute Gasteiger partial charge is 0.323 e. The Balaban J connectivity index is 2.54. The molecule has 0 amide bonds. The van der Waals surface area contributed by atoms with Crippen LogP contribution in [0.2, 0.25) is 0 Å². The van der Waals surface area contributed by atoms with Crippen molar-refractivity contribution in [2.24, 2.45) is 5.73 Å². The monoisotopic (exact) mass is 272 g/mol. The molecule has 1 heterocycles. The molecule has 0 aliphatic rings. The van der Waals surface area contributed by atoms with Crippen LogP contribution in [0.4, 0.5) is 0 Å². The Kier molecular flexibility index (Phi) is 4.71. The molecule has 0 fully saturated rings. The summed E-state index contributed by atoms with van der Waals surface area (Å²) in [5.41, 5.74) is 6.42. The van der Waals surface area contributed by atoms with Crippen molar-refractivity contribution in [2.45, 2.75) is 19.4 Å². The van der Waals surface area contributed by atoms with Crippen LogP contribution in [0.1, 0.15) is 12.6 Å². The van der Waals surface area contributed by atoms with Gasteiger partial charge in [-0.2, -0.15) is 0 Å². The summed E-state index contributed by atoms with van der Waals surface area (Å²) >= 11 is 3.28. The van der Waals surface area contributed by atoms with Gasteiger partial charge in [0, 0.05) is 22.8 Å². The fraction of sp³-hybridized carbons (Fsp3) is 0.400. The Morgan fingerprint density at radius 2 is 2.40 bits per heavy atom. The fourth-order valence-corrected chi connectivity index (χ4v) is 1.32. The van der Waals surface area contributed by atoms with E-state index in [0.29, 0.717) is 13.0 Å². The van der Waals surface area contributed by atoms with Crippen LogP contribution in [0, 0.1) is 0 Å². The van der Waals surface area contributed by atoms with Crippen LogP contribution in [0.25, 0.3) is 0 Å². The predicted octanol–water partition coefficient (Wildman–Crippen LogP) is 1.28. The third-order valence-corrected chi connectivity index (χ3v) is 2.28. The maximum Gasteiger partial charge on any atom is 0.323 e. The average Bonchev–Trinajstić information content (AvgIpc) is 2.22. The fourth-order valence-electron chi connectivity index (χ4n) is 1.09. The molecule has 82 valence electrons. The summed E-state index contributed by atoms with van der Waals surface area (Å²) in [4.78, 5) is 15.4. The van der Waals surface area contributed by atoms with Crippen LogP contribution >= 0.6 is 15.9 Å². The van der Waals surface area contributed by atoms with Crippen molar-refractivity contribution in [3.05, 3.63) is 28.5 Å². The highest BCUT2D eigenvalue weighted by Gasteiger charge is 2.15. The van der Waals surface area contributed by atoms with Gasteiger partial charge >= 0.3 is 5.97 Å². The van der Waals surface area contributed by atoms with Crippen molar-refractivity contribution < 1.29 is 9.53 Å². The van der Waals surface area contributed by atoms with Crippen LogP contribution in [-0.4, -0.2) is 23.6 Å². The lowest BCUT2D eigenvalue weighted by molar-refractivity contribution is -0.144. The van der Waals surface area contributed by atoms with Crippen LogP contribution in [0.15, 0.2) is 22.8 Å². The molecule has 1 rings (SSSR count). The Morgan fingerprint density at radius 1 is 1.67 bits per heavy atom. The molecule has 1 atom stereocenters. The van der Waals surface area contributed by atoms with Crippen LogP contribution in [-0.2, 0) is 16.0 Å². The number of esters is 1. The Labute approximate surface area is 97.0 Å². The molecule has 15 heavy (non-hydrogen) atoms. The van der Waals surface area contributed by atoms with Crippen molar-refractivity contribution in [1.82, 2.24) is 4.98 Å². The largest absolute Gasteiger partial charge is 0.465 e. The summed E-state index contributed by atoms with van der Waals surface area (Å²) in [5, 5.41) is 0. The van der Waals surface area contributed by atoms with Crippen molar-refractivity contribution in [2.75, 3.05) is 6.61 Å². The van der Waals surface area contributed by atoms with Crippen LogP contribution in [0.5, 0.6) is 0 Å². The number of aromatic nitrogens is 1. The summed E-state index contributed by atoms with van der Waals surface area (Å²) in [6.45, 7) is 2.10. The molecule has 0 aromatic carbocycles. The molecule has 0 aliphatic carbocycles. The van der Waals surface area contributed by atoms with Gasteiger partial charge < -0.3 is 10.5 Å². The lowest BCUT2D eigenvalue weighted by atomic mass is 10.1. The van der Waals surface area contributed by atoms with E-state index >= 15 is 0 Å². The molecule has 4 nitrogen and oxygen atoms in total. The third-order valence-electron chi connectivity index (χ3n) is 1.81. The van der Waals surface area contributed by atoms with E-state index in [1.54, 1.807) is 13.1 Å². The molecule has 1 aromatic heterocycles. The molecule has 0 radical (unpaired) electrons. The van der Waals surface area contributed by atoms with E-state index in [2.05, 4.69) is 20.9 Å². The zero-order chi connectivity index (χ0) is 11.3. The van der Waals surface area contributed by atoms with Gasteiger partial charge in [-0.15, -0.1) is 0 Å². The van der Waals surface area contributed by atoms with Crippen molar-refractivity contribution in [3.8, 4) is 0 Å².